The van der Waals surface area contributed by atoms with Crippen molar-refractivity contribution in [3.8, 4) is 0 Å². The number of aryl methyl sites for hydroxylation is 1. The fraction of sp³-hybridized carbons (Fsp3) is 0.167. The molecule has 1 heterocycles. The highest BCUT2D eigenvalue weighted by Crippen LogP contribution is 2.22. The Kier molecular flexibility index (Phi) is 2.78. The Balaban J connectivity index is 2.31. The molecule has 0 saturated heterocycles. The molecule has 78 valence electrons. The molecule has 0 aliphatic rings. The molecule has 1 nitrogen and oxygen atoms in total. The van der Waals surface area contributed by atoms with E-state index in [-0.39, 0.29) is 5.82 Å². The van der Waals surface area contributed by atoms with Crippen LogP contribution in [0.1, 0.15) is 16.9 Å². The molecule has 0 spiro atoms. The largest absolute Gasteiger partial charge is 0.469 e. The Bertz CT molecular complexity index is 456. The monoisotopic (exact) mass is 224 g/mol. The van der Waals surface area contributed by atoms with Gasteiger partial charge in [0.2, 0.25) is 0 Å². The molecule has 0 saturated carbocycles. The lowest BCUT2D eigenvalue weighted by Crippen LogP contribution is -1.92. The van der Waals surface area contributed by atoms with Gasteiger partial charge in [0, 0.05) is 17.0 Å². The molecule has 0 fully saturated rings. The molecule has 0 amide bonds. The van der Waals surface area contributed by atoms with E-state index in [0.717, 1.165) is 11.3 Å². The zero-order valence-electron chi connectivity index (χ0n) is 8.26. The lowest BCUT2D eigenvalue weighted by atomic mass is 10.1. The molecule has 0 atom stereocenters. The minimum Gasteiger partial charge on any atom is -0.469 e. The van der Waals surface area contributed by atoms with Gasteiger partial charge in [-0.25, -0.2) is 4.39 Å². The average Bonchev–Trinajstić information content (AvgIpc) is 2.58. The van der Waals surface area contributed by atoms with Crippen LogP contribution in [0.3, 0.4) is 0 Å². The molecule has 0 bridgehead atoms. The first-order valence-electron chi connectivity index (χ1n) is 4.63. The van der Waals surface area contributed by atoms with Gasteiger partial charge in [-0.1, -0.05) is 17.7 Å². The molecule has 0 aliphatic carbocycles. The number of rotatable bonds is 2. The van der Waals surface area contributed by atoms with Gasteiger partial charge in [0.1, 0.15) is 11.6 Å². The van der Waals surface area contributed by atoms with Gasteiger partial charge in [-0.15, -0.1) is 0 Å². The molecule has 0 aliphatic heterocycles. The predicted octanol–water partition coefficient (Wildman–Crippen LogP) is 3.97. The highest BCUT2D eigenvalue weighted by atomic mass is 35.5. The Morgan fingerprint density at radius 3 is 2.80 bits per heavy atom. The Hall–Kier alpha value is -1.28. The van der Waals surface area contributed by atoms with Crippen LogP contribution in [0.25, 0.3) is 0 Å². The van der Waals surface area contributed by atoms with Gasteiger partial charge in [-0.05, 0) is 30.7 Å². The molecule has 1 aromatic heterocycles. The number of benzene rings is 1. The van der Waals surface area contributed by atoms with E-state index >= 15 is 0 Å². The van der Waals surface area contributed by atoms with Crippen molar-refractivity contribution in [2.75, 3.05) is 0 Å². The van der Waals surface area contributed by atoms with Crippen molar-refractivity contribution in [2.45, 2.75) is 13.3 Å². The second-order valence-corrected chi connectivity index (χ2v) is 3.87. The Morgan fingerprint density at radius 1 is 1.40 bits per heavy atom. The Morgan fingerprint density at radius 2 is 2.20 bits per heavy atom. The molecule has 0 N–H and O–H groups in total. The summed E-state index contributed by atoms with van der Waals surface area (Å²) < 4.78 is 18.7. The van der Waals surface area contributed by atoms with E-state index in [4.69, 9.17) is 16.0 Å². The third-order valence-electron chi connectivity index (χ3n) is 2.20. The summed E-state index contributed by atoms with van der Waals surface area (Å²) in [5.74, 6) is 0.427. The molecule has 0 unspecified atom stereocenters. The second-order valence-electron chi connectivity index (χ2n) is 3.47. The molecule has 1 aromatic carbocycles. The molecule has 0 radical (unpaired) electrons. The van der Waals surface area contributed by atoms with Gasteiger partial charge < -0.3 is 4.42 Å². The minimum atomic E-state index is -0.295. The van der Waals surface area contributed by atoms with Crippen molar-refractivity contribution >= 4 is 11.6 Å². The van der Waals surface area contributed by atoms with E-state index in [1.807, 2.05) is 13.0 Å². The van der Waals surface area contributed by atoms with E-state index in [9.17, 15) is 4.39 Å². The summed E-state index contributed by atoms with van der Waals surface area (Å²) >= 11 is 5.90. The summed E-state index contributed by atoms with van der Waals surface area (Å²) in [5, 5.41) is 0.434. The fourth-order valence-corrected chi connectivity index (χ4v) is 1.69. The van der Waals surface area contributed by atoms with Gasteiger partial charge >= 0.3 is 0 Å². The lowest BCUT2D eigenvalue weighted by molar-refractivity contribution is 0.513. The molecule has 15 heavy (non-hydrogen) atoms. The summed E-state index contributed by atoms with van der Waals surface area (Å²) in [6.45, 7) is 1.93. The van der Waals surface area contributed by atoms with Crippen molar-refractivity contribution in [1.82, 2.24) is 0 Å². The normalized spacial score (nSPS) is 10.6. The van der Waals surface area contributed by atoms with Gasteiger partial charge in [0.05, 0.1) is 6.26 Å². The van der Waals surface area contributed by atoms with Crippen LogP contribution in [0, 0.1) is 12.7 Å². The van der Waals surface area contributed by atoms with Crippen LogP contribution in [0.15, 0.2) is 34.9 Å². The van der Waals surface area contributed by atoms with E-state index in [1.54, 1.807) is 18.4 Å². The van der Waals surface area contributed by atoms with Crippen molar-refractivity contribution in [1.29, 1.82) is 0 Å². The number of hydrogen-bond donors (Lipinski definition) is 0. The minimum absolute atomic E-state index is 0.295. The molecule has 3 heteroatoms. The Labute approximate surface area is 92.5 Å². The van der Waals surface area contributed by atoms with Crippen LogP contribution in [0.2, 0.25) is 5.02 Å². The van der Waals surface area contributed by atoms with E-state index in [0.29, 0.717) is 17.0 Å². The van der Waals surface area contributed by atoms with Crippen molar-refractivity contribution in [3.05, 3.63) is 58.3 Å². The summed E-state index contributed by atoms with van der Waals surface area (Å²) in [4.78, 5) is 0. The third kappa shape index (κ3) is 2.21. The maximum Gasteiger partial charge on any atom is 0.128 e. The fourth-order valence-electron chi connectivity index (χ4n) is 1.46. The topological polar surface area (TPSA) is 13.1 Å². The number of furan rings is 1. The van der Waals surface area contributed by atoms with Crippen LogP contribution >= 0.6 is 11.6 Å². The van der Waals surface area contributed by atoms with E-state index in [2.05, 4.69) is 0 Å². The van der Waals surface area contributed by atoms with E-state index in [1.165, 1.54) is 6.07 Å². The smallest absolute Gasteiger partial charge is 0.128 e. The summed E-state index contributed by atoms with van der Waals surface area (Å²) in [5.41, 5.74) is 1.51. The first-order chi connectivity index (χ1) is 7.16. The van der Waals surface area contributed by atoms with Gasteiger partial charge in [0.25, 0.3) is 0 Å². The number of hydrogen-bond acceptors (Lipinski definition) is 1. The third-order valence-corrected chi connectivity index (χ3v) is 2.55. The molecule has 2 rings (SSSR count). The van der Waals surface area contributed by atoms with Crippen LogP contribution < -0.4 is 0 Å². The zero-order chi connectivity index (χ0) is 10.8. The van der Waals surface area contributed by atoms with Gasteiger partial charge in [0.15, 0.2) is 0 Å². The zero-order valence-corrected chi connectivity index (χ0v) is 9.01. The SMILES string of the molecule is Cc1coc(Cc2c(F)cccc2Cl)c1. The lowest BCUT2D eigenvalue weighted by Gasteiger charge is -2.02. The summed E-state index contributed by atoms with van der Waals surface area (Å²) in [6, 6.07) is 6.55. The molecular formula is C12H10ClFO. The van der Waals surface area contributed by atoms with Crippen LogP contribution in [0.5, 0.6) is 0 Å². The predicted molar refractivity (Wildman–Crippen MR) is 57.7 cm³/mol. The van der Waals surface area contributed by atoms with Crippen LogP contribution in [0.4, 0.5) is 4.39 Å². The average molecular weight is 225 g/mol. The summed E-state index contributed by atoms with van der Waals surface area (Å²) in [6.07, 6.45) is 2.03. The quantitative estimate of drug-likeness (QED) is 0.752. The van der Waals surface area contributed by atoms with E-state index < -0.39 is 0 Å². The number of halogens is 2. The molecular weight excluding hydrogens is 215 g/mol. The van der Waals surface area contributed by atoms with Crippen LogP contribution in [-0.2, 0) is 6.42 Å². The van der Waals surface area contributed by atoms with Crippen molar-refractivity contribution in [2.24, 2.45) is 0 Å². The summed E-state index contributed by atoms with van der Waals surface area (Å²) in [7, 11) is 0. The van der Waals surface area contributed by atoms with Gasteiger partial charge in [-0.3, -0.25) is 0 Å². The highest BCUT2D eigenvalue weighted by Gasteiger charge is 2.09. The first-order valence-corrected chi connectivity index (χ1v) is 5.01. The maximum absolute atomic E-state index is 13.4. The highest BCUT2D eigenvalue weighted by molar-refractivity contribution is 6.31. The second kappa shape index (κ2) is 4.07. The molecule has 2 aromatic rings. The first kappa shape index (κ1) is 10.2. The van der Waals surface area contributed by atoms with Crippen molar-refractivity contribution in [3.63, 3.8) is 0 Å². The maximum atomic E-state index is 13.4. The van der Waals surface area contributed by atoms with Gasteiger partial charge in [-0.2, -0.15) is 0 Å². The van der Waals surface area contributed by atoms with Crippen LogP contribution in [-0.4, -0.2) is 0 Å². The standard InChI is InChI=1S/C12H10ClFO/c1-8-5-9(15-7-8)6-10-11(13)3-2-4-12(10)14/h2-5,7H,6H2,1H3. The van der Waals surface area contributed by atoms with Crippen molar-refractivity contribution < 1.29 is 8.81 Å².